The lowest BCUT2D eigenvalue weighted by Crippen LogP contribution is -2.02. The number of thiocyanates is 1. The summed E-state index contributed by atoms with van der Waals surface area (Å²) < 4.78 is 0. The van der Waals surface area contributed by atoms with Crippen LogP contribution in [0.1, 0.15) is 11.1 Å². The lowest BCUT2D eigenvalue weighted by molar-refractivity contribution is 1.03. The summed E-state index contributed by atoms with van der Waals surface area (Å²) in [6.07, 6.45) is 0.635. The first-order valence-corrected chi connectivity index (χ1v) is 5.14. The highest BCUT2D eigenvalue weighted by Gasteiger charge is 2.08. The summed E-state index contributed by atoms with van der Waals surface area (Å²) >= 11 is 1.02. The summed E-state index contributed by atoms with van der Waals surface area (Å²) in [4.78, 5) is 0. The van der Waals surface area contributed by atoms with Crippen molar-refractivity contribution in [3.05, 3.63) is 35.4 Å². The zero-order chi connectivity index (χ0) is 10.4. The summed E-state index contributed by atoms with van der Waals surface area (Å²) in [6.45, 7) is 2.02. The van der Waals surface area contributed by atoms with Crippen molar-refractivity contribution in [2.45, 2.75) is 18.6 Å². The number of thioether (sulfide) groups is 1. The molecule has 14 heavy (non-hydrogen) atoms. The Morgan fingerprint density at radius 3 is 2.79 bits per heavy atom. The molecular weight excluding hydrogens is 192 g/mol. The second-order valence-corrected chi connectivity index (χ2v) is 4.01. The van der Waals surface area contributed by atoms with E-state index in [9.17, 15) is 0 Å². The topological polar surface area (TPSA) is 47.6 Å². The largest absolute Gasteiger partial charge is 0.197 e. The third-order valence-corrected chi connectivity index (χ3v) is 2.50. The molecule has 2 nitrogen and oxygen atoms in total. The Kier molecular flexibility index (Phi) is 4.04. The van der Waals surface area contributed by atoms with Crippen LogP contribution in [0, 0.1) is 28.9 Å². The Labute approximate surface area is 88.2 Å². The van der Waals surface area contributed by atoms with Crippen molar-refractivity contribution >= 4 is 11.8 Å². The maximum atomic E-state index is 8.77. The minimum Gasteiger partial charge on any atom is -0.197 e. The fourth-order valence-corrected chi connectivity index (χ4v) is 1.69. The van der Waals surface area contributed by atoms with Crippen LogP contribution in [0.2, 0.25) is 0 Å². The van der Waals surface area contributed by atoms with Crippen molar-refractivity contribution in [3.63, 3.8) is 0 Å². The van der Waals surface area contributed by atoms with E-state index in [-0.39, 0.29) is 5.25 Å². The van der Waals surface area contributed by atoms with Crippen molar-refractivity contribution in [1.82, 2.24) is 0 Å². The summed E-state index contributed by atoms with van der Waals surface area (Å²) in [5.41, 5.74) is 2.29. The molecule has 0 aliphatic heterocycles. The second kappa shape index (κ2) is 5.32. The number of hydrogen-bond acceptors (Lipinski definition) is 3. The standard InChI is InChI=1S/C11H10N2S/c1-9-3-2-4-10(5-9)6-11(7-12)14-8-13/h2-5,11H,6H2,1H3/t11-/m1/s1. The van der Waals surface area contributed by atoms with Gasteiger partial charge in [-0.1, -0.05) is 29.8 Å². The molecule has 0 saturated heterocycles. The van der Waals surface area contributed by atoms with Crippen LogP contribution in [0.3, 0.4) is 0 Å². The summed E-state index contributed by atoms with van der Waals surface area (Å²) in [6, 6.07) is 10.1. The molecule has 0 saturated carbocycles. The first kappa shape index (κ1) is 10.6. The minimum absolute atomic E-state index is 0.262. The van der Waals surface area contributed by atoms with Gasteiger partial charge in [-0.2, -0.15) is 10.5 Å². The number of nitrogens with zero attached hydrogens (tertiary/aromatic N) is 2. The van der Waals surface area contributed by atoms with Crippen molar-refractivity contribution in [2.24, 2.45) is 0 Å². The minimum atomic E-state index is -0.262. The average Bonchev–Trinajstić information content (AvgIpc) is 2.17. The van der Waals surface area contributed by atoms with Gasteiger partial charge in [0.15, 0.2) is 0 Å². The zero-order valence-corrected chi connectivity index (χ0v) is 8.71. The van der Waals surface area contributed by atoms with E-state index in [1.807, 2.05) is 36.6 Å². The lowest BCUT2D eigenvalue weighted by atomic mass is 10.1. The van der Waals surface area contributed by atoms with E-state index >= 15 is 0 Å². The summed E-state index contributed by atoms with van der Waals surface area (Å²) in [5.74, 6) is 0. The number of aryl methyl sites for hydroxylation is 1. The van der Waals surface area contributed by atoms with Crippen LogP contribution in [0.15, 0.2) is 24.3 Å². The molecule has 1 rings (SSSR count). The van der Waals surface area contributed by atoms with Gasteiger partial charge in [-0.3, -0.25) is 0 Å². The highest BCUT2D eigenvalue weighted by atomic mass is 32.2. The number of hydrogen-bond donors (Lipinski definition) is 0. The van der Waals surface area contributed by atoms with Crippen molar-refractivity contribution in [2.75, 3.05) is 0 Å². The Morgan fingerprint density at radius 2 is 2.21 bits per heavy atom. The van der Waals surface area contributed by atoms with E-state index < -0.39 is 0 Å². The van der Waals surface area contributed by atoms with E-state index in [0.717, 1.165) is 17.3 Å². The molecule has 0 fully saturated rings. The molecule has 0 bridgehead atoms. The predicted molar refractivity (Wildman–Crippen MR) is 57.5 cm³/mol. The molecule has 0 aliphatic carbocycles. The monoisotopic (exact) mass is 202 g/mol. The van der Waals surface area contributed by atoms with Gasteiger partial charge in [-0.05, 0) is 30.7 Å². The van der Waals surface area contributed by atoms with Gasteiger partial charge in [0, 0.05) is 0 Å². The van der Waals surface area contributed by atoms with Gasteiger partial charge in [0.2, 0.25) is 0 Å². The molecule has 0 amide bonds. The predicted octanol–water partition coefficient (Wildman–Crippen LogP) is 2.64. The number of benzene rings is 1. The molecule has 0 unspecified atom stereocenters. The van der Waals surface area contributed by atoms with E-state index in [1.54, 1.807) is 0 Å². The van der Waals surface area contributed by atoms with Gasteiger partial charge in [-0.25, -0.2) is 0 Å². The van der Waals surface area contributed by atoms with E-state index in [2.05, 4.69) is 6.07 Å². The summed E-state index contributed by atoms with van der Waals surface area (Å²) in [5, 5.41) is 18.9. The Bertz CT molecular complexity index is 387. The van der Waals surface area contributed by atoms with Crippen LogP contribution in [0.25, 0.3) is 0 Å². The smallest absolute Gasteiger partial charge is 0.134 e. The van der Waals surface area contributed by atoms with Gasteiger partial charge in [-0.15, -0.1) is 0 Å². The average molecular weight is 202 g/mol. The highest BCUT2D eigenvalue weighted by molar-refractivity contribution is 8.04. The molecule has 0 radical (unpaired) electrons. The fourth-order valence-electron chi connectivity index (χ4n) is 1.23. The van der Waals surface area contributed by atoms with Crippen LogP contribution in [0.5, 0.6) is 0 Å². The van der Waals surface area contributed by atoms with Crippen LogP contribution < -0.4 is 0 Å². The van der Waals surface area contributed by atoms with Gasteiger partial charge >= 0.3 is 0 Å². The maximum absolute atomic E-state index is 8.77. The lowest BCUT2D eigenvalue weighted by Gasteiger charge is -2.04. The third-order valence-electron chi connectivity index (χ3n) is 1.84. The Hall–Kier alpha value is -1.45. The van der Waals surface area contributed by atoms with E-state index in [4.69, 9.17) is 10.5 Å². The first-order chi connectivity index (χ1) is 6.76. The molecule has 3 heteroatoms. The van der Waals surface area contributed by atoms with Crippen LogP contribution in [-0.4, -0.2) is 5.25 Å². The molecule has 0 heterocycles. The van der Waals surface area contributed by atoms with Gasteiger partial charge in [0.25, 0.3) is 0 Å². The quantitative estimate of drug-likeness (QED) is 0.708. The molecule has 0 N–H and O–H groups in total. The SMILES string of the molecule is Cc1cccc(C[C@H](C#N)SC#N)c1. The normalized spacial score (nSPS) is 11.4. The molecule has 70 valence electrons. The van der Waals surface area contributed by atoms with Crippen molar-refractivity contribution < 1.29 is 0 Å². The van der Waals surface area contributed by atoms with Crippen molar-refractivity contribution in [1.29, 1.82) is 10.5 Å². The number of rotatable bonds is 3. The number of nitriles is 2. The molecular formula is C11H10N2S. The molecule has 0 aromatic heterocycles. The van der Waals surface area contributed by atoms with Gasteiger partial charge < -0.3 is 0 Å². The van der Waals surface area contributed by atoms with Gasteiger partial charge in [0.05, 0.1) is 6.07 Å². The summed E-state index contributed by atoms with van der Waals surface area (Å²) in [7, 11) is 0. The molecule has 0 spiro atoms. The second-order valence-electron chi connectivity index (χ2n) is 3.02. The zero-order valence-electron chi connectivity index (χ0n) is 7.90. The molecule has 1 aromatic rings. The first-order valence-electron chi connectivity index (χ1n) is 4.26. The molecule has 0 aliphatic rings. The van der Waals surface area contributed by atoms with Crippen molar-refractivity contribution in [3.8, 4) is 11.5 Å². The van der Waals surface area contributed by atoms with Gasteiger partial charge in [0.1, 0.15) is 10.7 Å². The third kappa shape index (κ3) is 3.12. The van der Waals surface area contributed by atoms with Crippen LogP contribution >= 0.6 is 11.8 Å². The molecule has 1 aromatic carbocycles. The van der Waals surface area contributed by atoms with Crippen LogP contribution in [0.4, 0.5) is 0 Å². The maximum Gasteiger partial charge on any atom is 0.134 e. The Morgan fingerprint density at radius 1 is 1.43 bits per heavy atom. The van der Waals surface area contributed by atoms with E-state index in [1.165, 1.54) is 5.56 Å². The van der Waals surface area contributed by atoms with Crippen LogP contribution in [-0.2, 0) is 6.42 Å². The molecule has 1 atom stereocenters. The highest BCUT2D eigenvalue weighted by Crippen LogP contribution is 2.15. The van der Waals surface area contributed by atoms with E-state index in [0.29, 0.717) is 6.42 Å². The Balaban J connectivity index is 2.69. The fraction of sp³-hybridized carbons (Fsp3) is 0.273.